The number of aryl methyl sites for hydroxylation is 2. The molecule has 12 heavy (non-hydrogen) atoms. The van der Waals surface area contributed by atoms with Crippen molar-refractivity contribution < 1.29 is 5.11 Å². The van der Waals surface area contributed by atoms with Crippen molar-refractivity contribution in [2.75, 3.05) is 0 Å². The number of hydrogen-bond donors (Lipinski definition) is 1. The van der Waals surface area contributed by atoms with Gasteiger partial charge in [0.2, 0.25) is 5.88 Å². The Morgan fingerprint density at radius 3 is 2.92 bits per heavy atom. The van der Waals surface area contributed by atoms with E-state index >= 15 is 0 Å². The summed E-state index contributed by atoms with van der Waals surface area (Å²) in [5, 5.41) is 13.9. The summed E-state index contributed by atoms with van der Waals surface area (Å²) in [6, 6.07) is 0. The predicted octanol–water partition coefficient (Wildman–Crippen LogP) is 0.377. The van der Waals surface area contributed by atoms with Gasteiger partial charge in [0.25, 0.3) is 0 Å². The van der Waals surface area contributed by atoms with Crippen LogP contribution in [0.5, 0.6) is 5.88 Å². The highest BCUT2D eigenvalue weighted by atomic mass is 16.3. The van der Waals surface area contributed by atoms with Gasteiger partial charge in [0, 0.05) is 7.05 Å². The van der Waals surface area contributed by atoms with E-state index < -0.39 is 0 Å². The number of rotatable bonds is 0. The third-order valence-electron chi connectivity index (χ3n) is 1.68. The maximum Gasteiger partial charge on any atom is 0.225 e. The van der Waals surface area contributed by atoms with Gasteiger partial charge in [0.15, 0.2) is 5.65 Å². The summed E-state index contributed by atoms with van der Waals surface area (Å²) in [7, 11) is 1.77. The fourth-order valence-corrected chi connectivity index (χ4v) is 1.11. The fraction of sp³-hybridized carbons (Fsp3) is 0.286. The maximum atomic E-state index is 9.36. The highest BCUT2D eigenvalue weighted by Gasteiger charge is 2.07. The second-order valence-electron chi connectivity index (χ2n) is 2.60. The van der Waals surface area contributed by atoms with E-state index in [0.717, 1.165) is 0 Å². The van der Waals surface area contributed by atoms with Crippen LogP contribution in [-0.2, 0) is 7.05 Å². The predicted molar refractivity (Wildman–Crippen MR) is 42.7 cm³/mol. The largest absolute Gasteiger partial charge is 0.493 e. The zero-order valence-electron chi connectivity index (χ0n) is 6.81. The third kappa shape index (κ3) is 0.827. The van der Waals surface area contributed by atoms with Gasteiger partial charge in [0.1, 0.15) is 11.2 Å². The summed E-state index contributed by atoms with van der Waals surface area (Å²) in [4.78, 5) is 7.93. The minimum atomic E-state index is -0.00870. The molecule has 0 aromatic carbocycles. The van der Waals surface area contributed by atoms with E-state index in [-0.39, 0.29) is 5.88 Å². The molecule has 5 heteroatoms. The van der Waals surface area contributed by atoms with Crippen LogP contribution in [0.4, 0.5) is 0 Å². The first-order valence-electron chi connectivity index (χ1n) is 3.54. The lowest BCUT2D eigenvalue weighted by Gasteiger charge is -1.96. The van der Waals surface area contributed by atoms with Gasteiger partial charge >= 0.3 is 0 Å². The van der Waals surface area contributed by atoms with Crippen molar-refractivity contribution in [3.05, 3.63) is 12.0 Å². The van der Waals surface area contributed by atoms with E-state index in [9.17, 15) is 5.11 Å². The van der Waals surface area contributed by atoms with Crippen LogP contribution < -0.4 is 0 Å². The van der Waals surface area contributed by atoms with Crippen molar-refractivity contribution in [2.24, 2.45) is 7.05 Å². The Bertz CT molecular complexity index is 434. The molecule has 2 rings (SSSR count). The maximum absolute atomic E-state index is 9.36. The quantitative estimate of drug-likeness (QED) is 0.611. The van der Waals surface area contributed by atoms with Crippen LogP contribution in [0.2, 0.25) is 0 Å². The lowest BCUT2D eigenvalue weighted by atomic mass is 10.4. The van der Waals surface area contributed by atoms with Crippen molar-refractivity contribution in [3.8, 4) is 5.88 Å². The summed E-state index contributed by atoms with van der Waals surface area (Å²) < 4.78 is 1.60. The van der Waals surface area contributed by atoms with Crippen molar-refractivity contribution in [1.82, 2.24) is 19.7 Å². The SMILES string of the molecule is Cc1nc(O)c2cnn(C)c2n1. The van der Waals surface area contributed by atoms with Crippen LogP contribution in [-0.4, -0.2) is 24.9 Å². The van der Waals surface area contributed by atoms with Gasteiger partial charge in [-0.1, -0.05) is 0 Å². The number of nitrogens with zero attached hydrogens (tertiary/aromatic N) is 4. The van der Waals surface area contributed by atoms with E-state index in [0.29, 0.717) is 16.9 Å². The summed E-state index contributed by atoms with van der Waals surface area (Å²) in [5.41, 5.74) is 0.653. The van der Waals surface area contributed by atoms with E-state index in [1.165, 1.54) is 0 Å². The van der Waals surface area contributed by atoms with E-state index in [1.807, 2.05) is 0 Å². The molecule has 62 valence electrons. The lowest BCUT2D eigenvalue weighted by Crippen LogP contribution is -1.94. The molecule has 0 unspecified atom stereocenters. The van der Waals surface area contributed by atoms with Gasteiger partial charge in [0.05, 0.1) is 6.20 Å². The average Bonchev–Trinajstić information content (AvgIpc) is 2.33. The Balaban J connectivity index is 2.92. The molecule has 1 N–H and O–H groups in total. The molecule has 0 fully saturated rings. The Morgan fingerprint density at radius 2 is 2.17 bits per heavy atom. The second kappa shape index (κ2) is 2.17. The number of fused-ring (bicyclic) bond motifs is 1. The summed E-state index contributed by atoms with van der Waals surface area (Å²) >= 11 is 0. The van der Waals surface area contributed by atoms with Crippen LogP contribution >= 0.6 is 0 Å². The average molecular weight is 164 g/mol. The molecule has 0 aliphatic carbocycles. The molecular formula is C7H8N4O. The Labute approximate surface area is 68.7 Å². The van der Waals surface area contributed by atoms with E-state index in [2.05, 4.69) is 15.1 Å². The van der Waals surface area contributed by atoms with Crippen molar-refractivity contribution in [1.29, 1.82) is 0 Å². The van der Waals surface area contributed by atoms with Crippen LogP contribution in [0, 0.1) is 6.92 Å². The highest BCUT2D eigenvalue weighted by Crippen LogP contribution is 2.19. The smallest absolute Gasteiger partial charge is 0.225 e. The number of hydrogen-bond acceptors (Lipinski definition) is 4. The highest BCUT2D eigenvalue weighted by molar-refractivity contribution is 5.79. The lowest BCUT2D eigenvalue weighted by molar-refractivity contribution is 0.457. The molecule has 2 aromatic heterocycles. The normalized spacial score (nSPS) is 10.8. The fourth-order valence-electron chi connectivity index (χ4n) is 1.11. The first-order chi connectivity index (χ1) is 5.68. The van der Waals surface area contributed by atoms with Crippen molar-refractivity contribution in [2.45, 2.75) is 6.92 Å². The Hall–Kier alpha value is -1.65. The van der Waals surface area contributed by atoms with Gasteiger partial charge in [-0.05, 0) is 6.92 Å². The van der Waals surface area contributed by atoms with Crippen LogP contribution in [0.15, 0.2) is 6.20 Å². The van der Waals surface area contributed by atoms with Gasteiger partial charge in [-0.15, -0.1) is 0 Å². The topological polar surface area (TPSA) is 63.8 Å². The van der Waals surface area contributed by atoms with Crippen LogP contribution in [0.3, 0.4) is 0 Å². The molecule has 0 amide bonds. The molecule has 0 saturated carbocycles. The molecule has 5 nitrogen and oxygen atoms in total. The molecule has 0 spiro atoms. The monoisotopic (exact) mass is 164 g/mol. The molecule has 0 bridgehead atoms. The van der Waals surface area contributed by atoms with Crippen molar-refractivity contribution >= 4 is 11.0 Å². The summed E-state index contributed by atoms with van der Waals surface area (Å²) in [6.45, 7) is 1.73. The van der Waals surface area contributed by atoms with E-state index in [4.69, 9.17) is 0 Å². The minimum absolute atomic E-state index is 0.00870. The van der Waals surface area contributed by atoms with Gasteiger partial charge in [-0.3, -0.25) is 4.68 Å². The molecule has 2 heterocycles. The molecule has 0 saturated heterocycles. The summed E-state index contributed by atoms with van der Waals surface area (Å²) in [5.74, 6) is 0.536. The molecule has 2 aromatic rings. The van der Waals surface area contributed by atoms with Gasteiger partial charge in [-0.25, -0.2) is 4.98 Å². The zero-order valence-corrected chi connectivity index (χ0v) is 6.81. The van der Waals surface area contributed by atoms with Crippen molar-refractivity contribution in [3.63, 3.8) is 0 Å². The minimum Gasteiger partial charge on any atom is -0.493 e. The molecule has 0 radical (unpaired) electrons. The number of aromatic hydroxyl groups is 1. The second-order valence-corrected chi connectivity index (χ2v) is 2.60. The first kappa shape index (κ1) is 7.02. The van der Waals surface area contributed by atoms with Gasteiger partial charge < -0.3 is 5.11 Å². The molecule has 0 aliphatic rings. The van der Waals surface area contributed by atoms with Crippen LogP contribution in [0.25, 0.3) is 11.0 Å². The van der Waals surface area contributed by atoms with Gasteiger partial charge in [-0.2, -0.15) is 10.1 Å². The number of aromatic nitrogens is 4. The van der Waals surface area contributed by atoms with E-state index in [1.54, 1.807) is 24.9 Å². The zero-order chi connectivity index (χ0) is 8.72. The summed E-state index contributed by atoms with van der Waals surface area (Å²) in [6.07, 6.45) is 1.55. The Kier molecular flexibility index (Phi) is 1.27. The Morgan fingerprint density at radius 1 is 1.42 bits per heavy atom. The van der Waals surface area contributed by atoms with Crippen LogP contribution in [0.1, 0.15) is 5.82 Å². The standard InChI is InChI=1S/C7H8N4O/c1-4-9-6-5(7(12)10-4)3-8-11(6)2/h3H,1-2H3,(H,9,10,12). The molecular weight excluding hydrogens is 156 g/mol. The third-order valence-corrected chi connectivity index (χ3v) is 1.68. The molecule has 0 aliphatic heterocycles. The molecule has 0 atom stereocenters. The first-order valence-corrected chi connectivity index (χ1v) is 3.54.